The van der Waals surface area contributed by atoms with Crippen LogP contribution in [0.15, 0.2) is 22.6 Å². The van der Waals surface area contributed by atoms with E-state index in [-0.39, 0.29) is 29.0 Å². The molecule has 1 spiro atoms. The number of rotatable bonds is 5. The number of nitrogens with zero attached hydrogens (tertiary/aromatic N) is 3. The molecule has 9 nitrogen and oxygen atoms in total. The van der Waals surface area contributed by atoms with Gasteiger partial charge in [-0.2, -0.15) is 8.78 Å². The molecule has 5 rings (SSSR count). The van der Waals surface area contributed by atoms with Crippen molar-refractivity contribution in [1.29, 1.82) is 0 Å². The van der Waals surface area contributed by atoms with Crippen LogP contribution in [0.5, 0.6) is 5.75 Å². The lowest BCUT2D eigenvalue weighted by atomic mass is 9.67. The van der Waals surface area contributed by atoms with Crippen LogP contribution in [0.4, 0.5) is 14.6 Å². The molecule has 33 heavy (non-hydrogen) atoms. The summed E-state index contributed by atoms with van der Waals surface area (Å²) >= 11 is 1.36. The van der Waals surface area contributed by atoms with Crippen LogP contribution in [-0.2, 0) is 15.0 Å². The maximum absolute atomic E-state index is 12.7. The lowest BCUT2D eigenvalue weighted by molar-refractivity contribution is -0.182. The fraction of sp³-hybridized carbons (Fsp3) is 0.524. The molecule has 1 saturated carbocycles. The van der Waals surface area contributed by atoms with E-state index < -0.39 is 18.1 Å². The summed E-state index contributed by atoms with van der Waals surface area (Å²) in [7, 11) is 0. The first kappa shape index (κ1) is 22.0. The molecule has 176 valence electrons. The van der Waals surface area contributed by atoms with Gasteiger partial charge in [0, 0.05) is 11.3 Å². The largest absolute Gasteiger partial charge is 0.465 e. The molecule has 3 aliphatic rings. The quantitative estimate of drug-likeness (QED) is 0.676. The molecule has 2 fully saturated rings. The Balaban J connectivity index is 1.35. The molecule has 2 aromatic rings. The molecule has 2 aliphatic heterocycles. The first-order valence-corrected chi connectivity index (χ1v) is 11.5. The summed E-state index contributed by atoms with van der Waals surface area (Å²) in [6, 6.07) is 1.44. The van der Waals surface area contributed by atoms with Crippen molar-refractivity contribution in [3.8, 4) is 5.75 Å². The van der Waals surface area contributed by atoms with E-state index in [1.807, 2.05) is 0 Å². The van der Waals surface area contributed by atoms with E-state index in [1.165, 1.54) is 17.4 Å². The van der Waals surface area contributed by atoms with Crippen molar-refractivity contribution in [2.24, 2.45) is 16.6 Å². The highest BCUT2D eigenvalue weighted by Crippen LogP contribution is 2.53. The van der Waals surface area contributed by atoms with E-state index in [0.717, 1.165) is 31.9 Å². The van der Waals surface area contributed by atoms with Crippen molar-refractivity contribution >= 4 is 29.1 Å². The van der Waals surface area contributed by atoms with Gasteiger partial charge < -0.3 is 25.3 Å². The summed E-state index contributed by atoms with van der Waals surface area (Å²) in [6.07, 6.45) is 5.12. The van der Waals surface area contributed by atoms with E-state index >= 15 is 0 Å². The van der Waals surface area contributed by atoms with Crippen LogP contribution in [0.3, 0.4) is 0 Å². The number of thiazole rings is 1. The number of nitrogens with two attached hydrogens (primary N) is 1. The highest BCUT2D eigenvalue weighted by molar-refractivity contribution is 7.10. The molecule has 2 unspecified atom stereocenters. The number of hydrogen-bond acceptors (Lipinski definition) is 9. The van der Waals surface area contributed by atoms with Gasteiger partial charge in [0.15, 0.2) is 0 Å². The molecule has 1 amide bonds. The Labute approximate surface area is 192 Å². The second-order valence-electron chi connectivity index (χ2n) is 8.62. The van der Waals surface area contributed by atoms with Gasteiger partial charge in [0.1, 0.15) is 27.8 Å². The standard InChI is InChI=1S/C21H23F2N5O4S/c1-11-5-13(32-18(22)23)7-25-15(11)16(29)26-14-9-33-17(27-14)21-10-31-20(3-2-4-20)6-12(21)8-30-19(24)28-21/h5,7,9,12,18H,2-4,6,8,10H2,1H3,(H2,24,28)(H,26,29). The Morgan fingerprint density at radius 3 is 2.94 bits per heavy atom. The van der Waals surface area contributed by atoms with Gasteiger partial charge in [0.2, 0.25) is 0 Å². The van der Waals surface area contributed by atoms with Crippen molar-refractivity contribution in [2.45, 2.75) is 50.4 Å². The third kappa shape index (κ3) is 4.01. The van der Waals surface area contributed by atoms with Gasteiger partial charge in [-0.15, -0.1) is 11.3 Å². The molecule has 2 atom stereocenters. The zero-order chi connectivity index (χ0) is 23.2. The average Bonchev–Trinajstić information content (AvgIpc) is 3.20. The highest BCUT2D eigenvalue weighted by Gasteiger charge is 2.56. The summed E-state index contributed by atoms with van der Waals surface area (Å²) in [5.74, 6) is -0.215. The predicted molar refractivity (Wildman–Crippen MR) is 116 cm³/mol. The number of ether oxygens (including phenoxy) is 3. The number of halogens is 2. The number of amidine groups is 1. The zero-order valence-corrected chi connectivity index (χ0v) is 18.7. The highest BCUT2D eigenvalue weighted by atomic mass is 32.1. The van der Waals surface area contributed by atoms with Crippen LogP contribution in [0, 0.1) is 12.8 Å². The van der Waals surface area contributed by atoms with E-state index in [4.69, 9.17) is 15.2 Å². The Hall–Kier alpha value is -2.86. The number of aliphatic imine (C=N–C) groups is 1. The lowest BCUT2D eigenvalue weighted by Crippen LogP contribution is -2.58. The summed E-state index contributed by atoms with van der Waals surface area (Å²) in [6.45, 7) is -0.578. The fourth-order valence-corrected chi connectivity index (χ4v) is 5.62. The molecule has 0 bridgehead atoms. The first-order chi connectivity index (χ1) is 15.8. The van der Waals surface area contributed by atoms with Crippen molar-refractivity contribution < 1.29 is 27.8 Å². The molecule has 3 N–H and O–H groups in total. The number of hydrogen-bond donors (Lipinski definition) is 2. The van der Waals surface area contributed by atoms with E-state index in [0.29, 0.717) is 29.6 Å². The summed E-state index contributed by atoms with van der Waals surface area (Å²) in [5, 5.41) is 5.13. The maximum atomic E-state index is 12.7. The minimum Gasteiger partial charge on any atom is -0.465 e. The Kier molecular flexibility index (Phi) is 5.44. The minimum atomic E-state index is -2.97. The molecule has 1 saturated heterocycles. The molecule has 0 aromatic carbocycles. The number of fused-ring (bicyclic) bond motifs is 1. The van der Waals surface area contributed by atoms with Gasteiger partial charge in [-0.25, -0.2) is 15.0 Å². The summed E-state index contributed by atoms with van der Waals surface area (Å²) in [5.41, 5.74) is 5.55. The first-order valence-electron chi connectivity index (χ1n) is 10.6. The van der Waals surface area contributed by atoms with Crippen molar-refractivity contribution in [1.82, 2.24) is 9.97 Å². The SMILES string of the molecule is Cc1cc(OC(F)F)cnc1C(=O)Nc1csc(C23COC4(CCC4)CC2COC(N)=N3)n1. The zero-order valence-electron chi connectivity index (χ0n) is 17.8. The Bertz CT molecular complexity index is 1110. The third-order valence-corrected chi connectivity index (χ3v) is 7.52. The van der Waals surface area contributed by atoms with Gasteiger partial charge >= 0.3 is 6.61 Å². The lowest BCUT2D eigenvalue weighted by Gasteiger charge is -2.53. The second kappa shape index (κ2) is 8.17. The minimum absolute atomic E-state index is 0.0693. The Morgan fingerprint density at radius 1 is 1.42 bits per heavy atom. The van der Waals surface area contributed by atoms with E-state index in [1.54, 1.807) is 12.3 Å². The van der Waals surface area contributed by atoms with Gasteiger partial charge in [-0.05, 0) is 44.2 Å². The van der Waals surface area contributed by atoms with Gasteiger partial charge in [0.05, 0.1) is 25.0 Å². The van der Waals surface area contributed by atoms with Crippen molar-refractivity contribution in [3.63, 3.8) is 0 Å². The number of pyridine rings is 1. The number of anilines is 1. The van der Waals surface area contributed by atoms with Crippen LogP contribution >= 0.6 is 11.3 Å². The van der Waals surface area contributed by atoms with E-state index in [9.17, 15) is 13.6 Å². The van der Waals surface area contributed by atoms with Crippen LogP contribution in [0.1, 0.15) is 46.7 Å². The molecular weight excluding hydrogens is 456 g/mol. The van der Waals surface area contributed by atoms with Gasteiger partial charge in [-0.1, -0.05) is 0 Å². The molecule has 4 heterocycles. The van der Waals surface area contributed by atoms with Crippen LogP contribution < -0.4 is 15.8 Å². The van der Waals surface area contributed by atoms with Crippen molar-refractivity contribution in [2.75, 3.05) is 18.5 Å². The van der Waals surface area contributed by atoms with Gasteiger partial charge in [-0.3, -0.25) is 4.79 Å². The normalized spacial score (nSPS) is 25.6. The fourth-order valence-electron chi connectivity index (χ4n) is 4.66. The molecule has 2 aromatic heterocycles. The van der Waals surface area contributed by atoms with Crippen LogP contribution in [0.2, 0.25) is 0 Å². The van der Waals surface area contributed by atoms with Crippen LogP contribution in [0.25, 0.3) is 0 Å². The smallest absolute Gasteiger partial charge is 0.387 e. The second-order valence-corrected chi connectivity index (χ2v) is 9.48. The van der Waals surface area contributed by atoms with Crippen molar-refractivity contribution in [3.05, 3.63) is 33.9 Å². The average molecular weight is 480 g/mol. The number of aryl methyl sites for hydroxylation is 1. The third-order valence-electron chi connectivity index (χ3n) is 6.51. The predicted octanol–water partition coefficient (Wildman–Crippen LogP) is 3.20. The summed E-state index contributed by atoms with van der Waals surface area (Å²) in [4.78, 5) is 25.9. The number of carbonyl (C=O) groups excluding carboxylic acids is 1. The van der Waals surface area contributed by atoms with E-state index in [2.05, 4.69) is 25.0 Å². The number of aromatic nitrogens is 2. The number of carbonyl (C=O) groups is 1. The Morgan fingerprint density at radius 2 is 2.24 bits per heavy atom. The maximum Gasteiger partial charge on any atom is 0.387 e. The summed E-state index contributed by atoms with van der Waals surface area (Å²) < 4.78 is 40.9. The number of amides is 1. The topological polar surface area (TPSA) is 121 Å². The molecule has 12 heteroatoms. The monoisotopic (exact) mass is 479 g/mol. The van der Waals surface area contributed by atoms with Crippen LogP contribution in [-0.4, -0.2) is 47.3 Å². The molecular formula is C21H23F2N5O4S. The molecule has 1 aliphatic carbocycles. The molecule has 0 radical (unpaired) electrons. The van der Waals surface area contributed by atoms with Gasteiger partial charge in [0.25, 0.3) is 11.9 Å². The number of nitrogens with one attached hydrogen (secondary N) is 1. The number of alkyl halides is 2.